The highest BCUT2D eigenvalue weighted by Crippen LogP contribution is 2.38. The lowest BCUT2D eigenvalue weighted by molar-refractivity contribution is -0.253. The van der Waals surface area contributed by atoms with Crippen LogP contribution in [-0.2, 0) is 32.2 Å². The predicted molar refractivity (Wildman–Crippen MR) is 200 cm³/mol. The third-order valence-corrected chi connectivity index (χ3v) is 9.55. The van der Waals surface area contributed by atoms with Crippen molar-refractivity contribution in [3.8, 4) is 0 Å². The number of nitrogens with zero attached hydrogens (tertiary/aromatic N) is 2. The molecule has 0 aliphatic carbocycles. The van der Waals surface area contributed by atoms with E-state index in [-0.39, 0.29) is 30.6 Å². The number of para-hydroxylation sites is 2. The summed E-state index contributed by atoms with van der Waals surface area (Å²) in [6.07, 6.45) is 1.80. The molecule has 2 aliphatic heterocycles. The van der Waals surface area contributed by atoms with Gasteiger partial charge < -0.3 is 30.9 Å². The number of aliphatic hydroxyl groups is 1. The Bertz CT molecular complexity index is 1690. The maximum Gasteiger partial charge on any atom is 0.224 e. The molecular weight excluding hydrogens is 642 g/mol. The summed E-state index contributed by atoms with van der Waals surface area (Å²) in [5.41, 5.74) is 11.9. The third kappa shape index (κ3) is 10.7. The van der Waals surface area contributed by atoms with Crippen LogP contribution in [0.5, 0.6) is 0 Å². The molecule has 0 saturated carbocycles. The lowest BCUT2D eigenvalue weighted by Gasteiger charge is -2.40. The van der Waals surface area contributed by atoms with E-state index in [0.29, 0.717) is 42.7 Å². The van der Waals surface area contributed by atoms with Crippen LogP contribution in [0.15, 0.2) is 103 Å². The number of nitrogens with one attached hydrogen (secondary N) is 2. The minimum atomic E-state index is -0.562. The highest BCUT2D eigenvalue weighted by atomic mass is 16.7. The second kappa shape index (κ2) is 18.1. The number of hydrogen-bond acceptors (Lipinski definition) is 8. The summed E-state index contributed by atoms with van der Waals surface area (Å²) in [4.78, 5) is 29.9. The highest BCUT2D eigenvalue weighted by Gasteiger charge is 2.34. The standard InChI is InChI=1S/C41H49N5O5/c42-36-10-4-5-11-37(36)44-40(49)13-7-6-12-39(48)43-34-20-18-33(19-21-34)41-50-35(26-38(51-41)32-16-14-31(29-47)15-17-32)28-46-24-22-45(23-25-46)27-30-8-2-1-3-9-30/h1-5,8-11,14-21,35,38,41,47H,6-7,12-13,22-29,42H2,(H,43,48)(H,44,49). The molecule has 0 radical (unpaired) electrons. The fourth-order valence-corrected chi connectivity index (χ4v) is 6.63. The summed E-state index contributed by atoms with van der Waals surface area (Å²) >= 11 is 0. The fraction of sp³-hybridized carbons (Fsp3) is 0.366. The van der Waals surface area contributed by atoms with Crippen molar-refractivity contribution >= 4 is 28.9 Å². The molecular formula is C41H49N5O5. The van der Waals surface area contributed by atoms with Gasteiger partial charge in [0.2, 0.25) is 11.8 Å². The molecule has 4 aromatic rings. The van der Waals surface area contributed by atoms with E-state index in [1.165, 1.54) is 5.56 Å². The number of nitrogen functional groups attached to an aromatic ring is 1. The monoisotopic (exact) mass is 691 g/mol. The molecule has 2 heterocycles. The highest BCUT2D eigenvalue weighted by molar-refractivity contribution is 5.94. The first-order valence-corrected chi connectivity index (χ1v) is 18.0. The topological polar surface area (TPSA) is 129 Å². The summed E-state index contributed by atoms with van der Waals surface area (Å²) in [6.45, 7) is 5.79. The minimum absolute atomic E-state index is 0.00113. The number of aliphatic hydroxyl groups excluding tert-OH is 1. The molecule has 51 heavy (non-hydrogen) atoms. The number of ether oxygens (including phenoxy) is 2. The smallest absolute Gasteiger partial charge is 0.224 e. The number of amides is 2. The number of piperazine rings is 1. The van der Waals surface area contributed by atoms with Crippen LogP contribution < -0.4 is 16.4 Å². The van der Waals surface area contributed by atoms with E-state index in [2.05, 4.69) is 50.8 Å². The lowest BCUT2D eigenvalue weighted by Crippen LogP contribution is -2.49. The molecule has 3 atom stereocenters. The lowest BCUT2D eigenvalue weighted by atomic mass is 9.99. The number of hydrogen-bond donors (Lipinski definition) is 4. The molecule has 0 spiro atoms. The molecule has 6 rings (SSSR count). The van der Waals surface area contributed by atoms with Gasteiger partial charge in [0.1, 0.15) is 0 Å². The first-order chi connectivity index (χ1) is 24.9. The Morgan fingerprint density at radius 2 is 1.33 bits per heavy atom. The molecule has 10 heteroatoms. The van der Waals surface area contributed by atoms with Gasteiger partial charge in [-0.2, -0.15) is 0 Å². The van der Waals surface area contributed by atoms with E-state index < -0.39 is 6.29 Å². The van der Waals surface area contributed by atoms with Gasteiger partial charge in [0.25, 0.3) is 0 Å². The first kappa shape index (κ1) is 36.2. The predicted octanol–water partition coefficient (Wildman–Crippen LogP) is 6.26. The summed E-state index contributed by atoms with van der Waals surface area (Å²) < 4.78 is 13.1. The molecule has 2 amide bonds. The summed E-state index contributed by atoms with van der Waals surface area (Å²) in [5.74, 6) is -0.222. The van der Waals surface area contributed by atoms with Crippen molar-refractivity contribution in [2.75, 3.05) is 49.1 Å². The molecule has 2 aliphatic rings. The molecule has 5 N–H and O–H groups in total. The van der Waals surface area contributed by atoms with Crippen molar-refractivity contribution in [1.29, 1.82) is 0 Å². The Kier molecular flexibility index (Phi) is 12.8. The molecule has 2 fully saturated rings. The molecule has 0 bridgehead atoms. The molecule has 10 nitrogen and oxygen atoms in total. The van der Waals surface area contributed by atoms with E-state index in [1.807, 2.05) is 60.7 Å². The average molecular weight is 692 g/mol. The summed E-state index contributed by atoms with van der Waals surface area (Å²) in [6, 6.07) is 33.3. The van der Waals surface area contributed by atoms with Crippen molar-refractivity contribution in [1.82, 2.24) is 9.80 Å². The fourth-order valence-electron chi connectivity index (χ4n) is 6.63. The van der Waals surface area contributed by atoms with Crippen molar-refractivity contribution < 1.29 is 24.2 Å². The number of carbonyl (C=O) groups is 2. The van der Waals surface area contributed by atoms with Crippen LogP contribution in [0.1, 0.15) is 66.8 Å². The normalized spacial score (nSPS) is 19.7. The Morgan fingerprint density at radius 3 is 2.02 bits per heavy atom. The quantitative estimate of drug-likeness (QED) is 0.0901. The van der Waals surface area contributed by atoms with Crippen molar-refractivity contribution in [2.24, 2.45) is 0 Å². The zero-order valence-electron chi connectivity index (χ0n) is 29.1. The third-order valence-electron chi connectivity index (χ3n) is 9.55. The largest absolute Gasteiger partial charge is 0.397 e. The average Bonchev–Trinajstić information content (AvgIpc) is 3.16. The van der Waals surface area contributed by atoms with Gasteiger partial charge in [0.05, 0.1) is 30.2 Å². The van der Waals surface area contributed by atoms with Crippen molar-refractivity contribution in [2.45, 2.75) is 63.8 Å². The molecule has 268 valence electrons. The maximum atomic E-state index is 12.7. The van der Waals surface area contributed by atoms with Gasteiger partial charge in [-0.25, -0.2) is 0 Å². The number of benzene rings is 4. The van der Waals surface area contributed by atoms with Gasteiger partial charge in [-0.05, 0) is 53.8 Å². The Balaban J connectivity index is 1.00. The number of unbranched alkanes of at least 4 members (excludes halogenated alkanes) is 1. The van der Waals surface area contributed by atoms with E-state index in [0.717, 1.165) is 62.4 Å². The van der Waals surface area contributed by atoms with Gasteiger partial charge in [0.15, 0.2) is 6.29 Å². The van der Waals surface area contributed by atoms with Gasteiger partial charge in [0, 0.05) is 69.8 Å². The maximum absolute atomic E-state index is 12.7. The van der Waals surface area contributed by atoms with Gasteiger partial charge in [-0.15, -0.1) is 0 Å². The molecule has 4 aromatic carbocycles. The second-order valence-electron chi connectivity index (χ2n) is 13.4. The Morgan fingerprint density at radius 1 is 0.706 bits per heavy atom. The summed E-state index contributed by atoms with van der Waals surface area (Å²) in [7, 11) is 0. The van der Waals surface area contributed by atoms with Crippen LogP contribution >= 0.6 is 0 Å². The summed E-state index contributed by atoms with van der Waals surface area (Å²) in [5, 5.41) is 15.3. The zero-order valence-corrected chi connectivity index (χ0v) is 29.1. The van der Waals surface area contributed by atoms with E-state index in [9.17, 15) is 14.7 Å². The van der Waals surface area contributed by atoms with Crippen molar-refractivity contribution in [3.05, 3.63) is 125 Å². The molecule has 0 aromatic heterocycles. The zero-order chi connectivity index (χ0) is 35.4. The van der Waals surface area contributed by atoms with Crippen LogP contribution in [0, 0.1) is 0 Å². The van der Waals surface area contributed by atoms with E-state index in [4.69, 9.17) is 15.2 Å². The molecule has 2 saturated heterocycles. The number of anilines is 3. The van der Waals surface area contributed by atoms with Gasteiger partial charge in [-0.3, -0.25) is 19.4 Å². The number of carbonyl (C=O) groups excluding carboxylic acids is 2. The van der Waals surface area contributed by atoms with E-state index in [1.54, 1.807) is 12.1 Å². The van der Waals surface area contributed by atoms with Crippen LogP contribution in [0.4, 0.5) is 17.1 Å². The number of nitrogens with two attached hydrogens (primary N) is 1. The van der Waals surface area contributed by atoms with Crippen LogP contribution in [-0.4, -0.2) is 65.5 Å². The Hall–Kier alpha value is -4.58. The number of rotatable bonds is 14. The van der Waals surface area contributed by atoms with Crippen LogP contribution in [0.3, 0.4) is 0 Å². The van der Waals surface area contributed by atoms with Gasteiger partial charge in [-0.1, -0.05) is 78.9 Å². The minimum Gasteiger partial charge on any atom is -0.397 e. The second-order valence-corrected chi connectivity index (χ2v) is 13.4. The SMILES string of the molecule is Nc1ccccc1NC(=O)CCCCC(=O)Nc1ccc(C2OC(CN3CCN(Cc4ccccc4)CC3)CC(c3ccc(CO)cc3)O2)cc1. The Labute approximate surface area is 300 Å². The first-order valence-electron chi connectivity index (χ1n) is 18.0. The molecule has 3 unspecified atom stereocenters. The van der Waals surface area contributed by atoms with Crippen LogP contribution in [0.25, 0.3) is 0 Å². The van der Waals surface area contributed by atoms with Gasteiger partial charge >= 0.3 is 0 Å². The van der Waals surface area contributed by atoms with Crippen molar-refractivity contribution in [3.63, 3.8) is 0 Å². The van der Waals surface area contributed by atoms with Crippen LogP contribution in [0.2, 0.25) is 0 Å². The van der Waals surface area contributed by atoms with E-state index >= 15 is 0 Å².